The molecule has 1 atom stereocenters. The van der Waals surface area contributed by atoms with Crippen molar-refractivity contribution in [2.24, 2.45) is 13.0 Å². The number of nitrogens with zero attached hydrogens (tertiary/aromatic N) is 2. The Kier molecular flexibility index (Phi) is 5.37. The van der Waals surface area contributed by atoms with Crippen molar-refractivity contribution in [3.63, 3.8) is 0 Å². The van der Waals surface area contributed by atoms with E-state index in [4.69, 9.17) is 16.7 Å². The molecule has 1 unspecified atom stereocenters. The molecule has 100 valence electrons. The third-order valence-corrected chi connectivity index (χ3v) is 2.98. The van der Waals surface area contributed by atoms with Crippen LogP contribution in [0.1, 0.15) is 18.2 Å². The van der Waals surface area contributed by atoms with Crippen molar-refractivity contribution >= 4 is 23.6 Å². The van der Waals surface area contributed by atoms with Crippen molar-refractivity contribution in [1.82, 2.24) is 15.1 Å². The van der Waals surface area contributed by atoms with E-state index < -0.39 is 0 Å². The average Bonchev–Trinajstić information content (AvgIpc) is 2.58. The predicted octanol–water partition coefficient (Wildman–Crippen LogP) is 1.14. The normalized spacial score (nSPS) is 12.9. The van der Waals surface area contributed by atoms with Crippen LogP contribution in [-0.4, -0.2) is 33.9 Å². The summed E-state index contributed by atoms with van der Waals surface area (Å²) in [7, 11) is 1.75. The highest BCUT2D eigenvalue weighted by molar-refractivity contribution is 6.31. The van der Waals surface area contributed by atoms with Crippen LogP contribution in [-0.2, 0) is 11.8 Å². The van der Waals surface area contributed by atoms with Gasteiger partial charge in [-0.1, -0.05) is 18.5 Å². The minimum absolute atomic E-state index is 0.0473. The first-order valence-corrected chi connectivity index (χ1v) is 6.09. The van der Waals surface area contributed by atoms with Gasteiger partial charge in [0.2, 0.25) is 5.91 Å². The maximum absolute atomic E-state index is 11.5. The second-order valence-electron chi connectivity index (χ2n) is 4.28. The Bertz CT molecular complexity index is 454. The molecule has 18 heavy (non-hydrogen) atoms. The molecule has 1 aromatic rings. The molecule has 0 bridgehead atoms. The van der Waals surface area contributed by atoms with E-state index in [0.717, 1.165) is 11.3 Å². The van der Waals surface area contributed by atoms with E-state index in [-0.39, 0.29) is 18.4 Å². The Morgan fingerprint density at radius 3 is 2.83 bits per heavy atom. The topological polar surface area (TPSA) is 67.2 Å². The van der Waals surface area contributed by atoms with Crippen LogP contribution >= 0.6 is 11.6 Å². The monoisotopic (exact) mass is 271 g/mol. The van der Waals surface area contributed by atoms with Gasteiger partial charge in [-0.3, -0.25) is 9.48 Å². The fourth-order valence-electron chi connectivity index (χ4n) is 1.39. The summed E-state index contributed by atoms with van der Waals surface area (Å²) in [5.74, 6) is -0.166. The van der Waals surface area contributed by atoms with Crippen molar-refractivity contribution in [3.8, 4) is 0 Å². The zero-order valence-corrected chi connectivity index (χ0v) is 11.5. The lowest BCUT2D eigenvalue weighted by Crippen LogP contribution is -2.27. The van der Waals surface area contributed by atoms with Crippen molar-refractivity contribution in [3.05, 3.63) is 22.5 Å². The summed E-state index contributed by atoms with van der Waals surface area (Å²) in [4.78, 5) is 11.5. The van der Waals surface area contributed by atoms with Crippen LogP contribution in [0.4, 0.5) is 0 Å². The standard InChI is InChI=1S/C12H18ClN3O2/c1-8(7-17)6-14-11(18)5-4-10-9(2)15-16(3)12(10)13/h4-5,8,17H,6-7H2,1-3H3,(H,14,18)/b5-4+. The van der Waals surface area contributed by atoms with Crippen LogP contribution in [0.3, 0.4) is 0 Å². The Labute approximate surface area is 111 Å². The summed E-state index contributed by atoms with van der Waals surface area (Å²) < 4.78 is 1.56. The van der Waals surface area contributed by atoms with E-state index in [9.17, 15) is 4.79 Å². The Morgan fingerprint density at radius 2 is 2.33 bits per heavy atom. The maximum atomic E-state index is 11.5. The molecule has 0 aliphatic rings. The summed E-state index contributed by atoms with van der Waals surface area (Å²) in [6.45, 7) is 4.18. The van der Waals surface area contributed by atoms with Gasteiger partial charge in [0.05, 0.1) is 5.69 Å². The number of aliphatic hydroxyl groups is 1. The molecule has 0 aromatic carbocycles. The third-order valence-electron chi connectivity index (χ3n) is 2.53. The lowest BCUT2D eigenvalue weighted by atomic mass is 10.2. The van der Waals surface area contributed by atoms with Crippen LogP contribution in [0, 0.1) is 12.8 Å². The number of carbonyl (C=O) groups is 1. The van der Waals surface area contributed by atoms with Gasteiger partial charge in [-0.25, -0.2) is 0 Å². The van der Waals surface area contributed by atoms with E-state index >= 15 is 0 Å². The summed E-state index contributed by atoms with van der Waals surface area (Å²) in [5.41, 5.74) is 1.51. The number of rotatable bonds is 5. The second kappa shape index (κ2) is 6.56. The highest BCUT2D eigenvalue weighted by Gasteiger charge is 2.08. The SMILES string of the molecule is Cc1nn(C)c(Cl)c1/C=C/C(=O)NCC(C)CO. The Hall–Kier alpha value is -1.33. The minimum Gasteiger partial charge on any atom is -0.396 e. The van der Waals surface area contributed by atoms with Gasteiger partial charge < -0.3 is 10.4 Å². The van der Waals surface area contributed by atoms with Gasteiger partial charge in [0.15, 0.2) is 0 Å². The lowest BCUT2D eigenvalue weighted by molar-refractivity contribution is -0.116. The summed E-state index contributed by atoms with van der Waals surface area (Å²) in [6.07, 6.45) is 3.06. The first kappa shape index (κ1) is 14.7. The highest BCUT2D eigenvalue weighted by Crippen LogP contribution is 2.19. The minimum atomic E-state index is -0.213. The number of aryl methyl sites for hydroxylation is 2. The van der Waals surface area contributed by atoms with E-state index in [0.29, 0.717) is 11.7 Å². The fourth-order valence-corrected chi connectivity index (χ4v) is 1.63. The maximum Gasteiger partial charge on any atom is 0.244 e. The number of hydrogen-bond donors (Lipinski definition) is 2. The van der Waals surface area contributed by atoms with Gasteiger partial charge >= 0.3 is 0 Å². The predicted molar refractivity (Wildman–Crippen MR) is 71.2 cm³/mol. The molecule has 0 aliphatic carbocycles. The molecule has 1 aromatic heterocycles. The van der Waals surface area contributed by atoms with Crippen molar-refractivity contribution in [2.75, 3.05) is 13.2 Å². The molecule has 0 saturated heterocycles. The second-order valence-corrected chi connectivity index (χ2v) is 4.64. The van der Waals surface area contributed by atoms with E-state index in [2.05, 4.69) is 10.4 Å². The van der Waals surface area contributed by atoms with Crippen molar-refractivity contribution in [1.29, 1.82) is 0 Å². The summed E-state index contributed by atoms with van der Waals surface area (Å²) >= 11 is 6.03. The van der Waals surface area contributed by atoms with E-state index in [1.807, 2.05) is 13.8 Å². The molecule has 0 spiro atoms. The van der Waals surface area contributed by atoms with Gasteiger partial charge in [-0.15, -0.1) is 0 Å². The summed E-state index contributed by atoms with van der Waals surface area (Å²) in [5, 5.41) is 16.2. The number of amides is 1. The lowest BCUT2D eigenvalue weighted by Gasteiger charge is -2.07. The molecule has 0 saturated carbocycles. The molecule has 2 N–H and O–H groups in total. The first-order valence-electron chi connectivity index (χ1n) is 5.71. The molecule has 1 rings (SSSR count). The number of carbonyl (C=O) groups excluding carboxylic acids is 1. The fraction of sp³-hybridized carbons (Fsp3) is 0.500. The molecular weight excluding hydrogens is 254 g/mol. The molecule has 0 radical (unpaired) electrons. The molecule has 0 aliphatic heterocycles. The quantitative estimate of drug-likeness (QED) is 0.789. The summed E-state index contributed by atoms with van der Waals surface area (Å²) in [6, 6.07) is 0. The highest BCUT2D eigenvalue weighted by atomic mass is 35.5. The molecule has 1 heterocycles. The molecular formula is C12H18ClN3O2. The number of nitrogens with one attached hydrogen (secondary N) is 1. The zero-order chi connectivity index (χ0) is 13.7. The van der Waals surface area contributed by atoms with Gasteiger partial charge in [0, 0.05) is 31.8 Å². The van der Waals surface area contributed by atoms with E-state index in [1.165, 1.54) is 6.08 Å². The average molecular weight is 272 g/mol. The molecule has 6 heteroatoms. The number of aromatic nitrogens is 2. The van der Waals surface area contributed by atoms with Crippen molar-refractivity contribution in [2.45, 2.75) is 13.8 Å². The van der Waals surface area contributed by atoms with Crippen LogP contribution < -0.4 is 5.32 Å². The molecule has 0 fully saturated rings. The van der Waals surface area contributed by atoms with Crippen LogP contribution in [0.2, 0.25) is 5.15 Å². The van der Waals surface area contributed by atoms with Gasteiger partial charge in [-0.05, 0) is 18.9 Å². The van der Waals surface area contributed by atoms with Crippen molar-refractivity contribution < 1.29 is 9.90 Å². The Balaban J connectivity index is 2.61. The third kappa shape index (κ3) is 3.85. The van der Waals surface area contributed by atoms with Crippen LogP contribution in [0.25, 0.3) is 6.08 Å². The number of aliphatic hydroxyl groups excluding tert-OH is 1. The van der Waals surface area contributed by atoms with Crippen LogP contribution in [0.5, 0.6) is 0 Å². The van der Waals surface area contributed by atoms with E-state index in [1.54, 1.807) is 17.8 Å². The zero-order valence-electron chi connectivity index (χ0n) is 10.8. The molecule has 5 nitrogen and oxygen atoms in total. The largest absolute Gasteiger partial charge is 0.396 e. The van der Waals surface area contributed by atoms with Crippen LogP contribution in [0.15, 0.2) is 6.08 Å². The smallest absolute Gasteiger partial charge is 0.244 e. The van der Waals surface area contributed by atoms with Gasteiger partial charge in [-0.2, -0.15) is 5.10 Å². The van der Waals surface area contributed by atoms with Gasteiger partial charge in [0.25, 0.3) is 0 Å². The number of halogens is 1. The first-order chi connectivity index (χ1) is 8.45. The molecule has 1 amide bonds. The Morgan fingerprint density at radius 1 is 1.67 bits per heavy atom. The van der Waals surface area contributed by atoms with Gasteiger partial charge in [0.1, 0.15) is 5.15 Å². The number of hydrogen-bond acceptors (Lipinski definition) is 3.